The van der Waals surface area contributed by atoms with E-state index in [9.17, 15) is 16.8 Å². The minimum atomic E-state index is -3.49. The third-order valence-corrected chi connectivity index (χ3v) is 6.18. The number of nitrogens with one attached hydrogen (secondary N) is 1. The molecule has 0 aromatic rings. The maximum Gasteiger partial charge on any atom is 0.215 e. The van der Waals surface area contributed by atoms with Gasteiger partial charge in [0.05, 0.1) is 16.8 Å². The van der Waals surface area contributed by atoms with Crippen LogP contribution in [0.4, 0.5) is 0 Å². The first-order valence-electron chi connectivity index (χ1n) is 4.76. The molecule has 1 rings (SSSR count). The van der Waals surface area contributed by atoms with E-state index in [4.69, 9.17) is 5.73 Å². The van der Waals surface area contributed by atoms with Crippen molar-refractivity contribution >= 4 is 19.9 Å². The summed E-state index contributed by atoms with van der Waals surface area (Å²) < 4.78 is 47.7. The highest BCUT2D eigenvalue weighted by molar-refractivity contribution is 7.95. The van der Waals surface area contributed by atoms with Crippen molar-refractivity contribution in [2.24, 2.45) is 5.73 Å². The van der Waals surface area contributed by atoms with Gasteiger partial charge in [-0.25, -0.2) is 21.6 Å². The Morgan fingerprint density at radius 3 is 2.53 bits per heavy atom. The Kier molecular flexibility index (Phi) is 4.10. The summed E-state index contributed by atoms with van der Waals surface area (Å²) in [6.45, 7) is 0.681. The highest BCUT2D eigenvalue weighted by Gasteiger charge is 2.36. The van der Waals surface area contributed by atoms with E-state index in [1.54, 1.807) is 0 Å². The van der Waals surface area contributed by atoms with Gasteiger partial charge in [0.25, 0.3) is 0 Å². The molecule has 0 spiro atoms. The van der Waals surface area contributed by atoms with E-state index in [2.05, 4.69) is 4.72 Å². The molecule has 3 N–H and O–H groups in total. The van der Waals surface area contributed by atoms with E-state index >= 15 is 0 Å². The van der Waals surface area contributed by atoms with E-state index in [0.29, 0.717) is 13.0 Å². The summed E-state index contributed by atoms with van der Waals surface area (Å²) in [7, 11) is -6.64. The lowest BCUT2D eigenvalue weighted by molar-refractivity contribution is 0.566. The van der Waals surface area contributed by atoms with Crippen LogP contribution in [0.5, 0.6) is 0 Å². The van der Waals surface area contributed by atoms with Crippen LogP contribution in [0.3, 0.4) is 0 Å². The average molecular weight is 256 g/mol. The molecule has 1 fully saturated rings. The predicted molar refractivity (Wildman–Crippen MR) is 57.7 cm³/mol. The molecule has 0 bridgehead atoms. The minimum Gasteiger partial charge on any atom is -0.330 e. The summed E-state index contributed by atoms with van der Waals surface area (Å²) in [6.07, 6.45) is 0.749. The zero-order chi connectivity index (χ0) is 11.5. The monoisotopic (exact) mass is 256 g/mol. The fourth-order valence-corrected chi connectivity index (χ4v) is 5.56. The summed E-state index contributed by atoms with van der Waals surface area (Å²) >= 11 is 0. The molecule has 1 heterocycles. The van der Waals surface area contributed by atoms with Gasteiger partial charge in [0.1, 0.15) is 0 Å². The fourth-order valence-electron chi connectivity index (χ4n) is 1.44. The van der Waals surface area contributed by atoms with Crippen LogP contribution in [0.15, 0.2) is 0 Å². The zero-order valence-electron chi connectivity index (χ0n) is 8.35. The predicted octanol–water partition coefficient (Wildman–Crippen LogP) is -1.56. The lowest BCUT2D eigenvalue weighted by Gasteiger charge is -2.10. The van der Waals surface area contributed by atoms with E-state index in [-0.39, 0.29) is 24.5 Å². The summed E-state index contributed by atoms with van der Waals surface area (Å²) in [5.41, 5.74) is 5.22. The number of sulfonamides is 1. The smallest absolute Gasteiger partial charge is 0.215 e. The number of nitrogens with two attached hydrogens (primary N) is 1. The summed E-state index contributed by atoms with van der Waals surface area (Å²) in [6, 6.07) is 0. The molecular weight excluding hydrogens is 240 g/mol. The normalized spacial score (nSPS) is 25.5. The van der Waals surface area contributed by atoms with Crippen LogP contribution >= 0.6 is 0 Å². The minimum absolute atomic E-state index is 0.0323. The second-order valence-electron chi connectivity index (χ2n) is 3.61. The van der Waals surface area contributed by atoms with E-state index in [0.717, 1.165) is 0 Å². The maximum absolute atomic E-state index is 11.6. The third-order valence-electron chi connectivity index (χ3n) is 2.31. The molecule has 1 atom stereocenters. The lowest BCUT2D eigenvalue weighted by Crippen LogP contribution is -2.36. The average Bonchev–Trinajstić information content (AvgIpc) is 2.47. The van der Waals surface area contributed by atoms with Crippen LogP contribution in [0.25, 0.3) is 0 Å². The lowest BCUT2D eigenvalue weighted by atomic mass is 10.4. The zero-order valence-corrected chi connectivity index (χ0v) is 9.98. The van der Waals surface area contributed by atoms with Crippen LogP contribution in [-0.2, 0) is 19.9 Å². The number of sulfone groups is 1. The van der Waals surface area contributed by atoms with Gasteiger partial charge < -0.3 is 5.73 Å². The molecule has 1 unspecified atom stereocenters. The van der Waals surface area contributed by atoms with Gasteiger partial charge in [-0.2, -0.15) is 0 Å². The Morgan fingerprint density at radius 1 is 1.40 bits per heavy atom. The Bertz CT molecular complexity index is 401. The highest BCUT2D eigenvalue weighted by atomic mass is 32.2. The van der Waals surface area contributed by atoms with Crippen molar-refractivity contribution in [2.45, 2.75) is 18.1 Å². The highest BCUT2D eigenvalue weighted by Crippen LogP contribution is 2.17. The van der Waals surface area contributed by atoms with Gasteiger partial charge in [-0.1, -0.05) is 0 Å². The van der Waals surface area contributed by atoms with Gasteiger partial charge in [0, 0.05) is 6.54 Å². The maximum atomic E-state index is 11.6. The summed E-state index contributed by atoms with van der Waals surface area (Å²) in [5, 5.41) is -0.791. The van der Waals surface area contributed by atoms with Crippen molar-refractivity contribution in [3.63, 3.8) is 0 Å². The topological polar surface area (TPSA) is 106 Å². The van der Waals surface area contributed by atoms with Gasteiger partial charge in [-0.3, -0.25) is 0 Å². The van der Waals surface area contributed by atoms with Crippen LogP contribution < -0.4 is 10.5 Å². The molecule has 1 saturated heterocycles. The molecule has 0 saturated carbocycles. The SMILES string of the molecule is NCCCNS(=O)(=O)C1CCS(=O)(=O)C1. The molecule has 1 aliphatic heterocycles. The Balaban J connectivity index is 2.56. The fraction of sp³-hybridized carbons (Fsp3) is 1.00. The summed E-state index contributed by atoms with van der Waals surface area (Å²) in [5.74, 6) is -0.291. The van der Waals surface area contributed by atoms with Gasteiger partial charge in [0.15, 0.2) is 9.84 Å². The van der Waals surface area contributed by atoms with Crippen molar-refractivity contribution in [3.05, 3.63) is 0 Å². The number of hydrogen-bond acceptors (Lipinski definition) is 5. The van der Waals surface area contributed by atoms with Gasteiger partial charge >= 0.3 is 0 Å². The van der Waals surface area contributed by atoms with Crippen molar-refractivity contribution in [1.29, 1.82) is 0 Å². The first-order chi connectivity index (χ1) is 6.87. The quantitative estimate of drug-likeness (QED) is 0.579. The molecule has 1 aliphatic rings. The molecule has 0 aliphatic carbocycles. The Labute approximate surface area is 90.2 Å². The molecule has 6 nitrogen and oxygen atoms in total. The molecule has 0 aromatic heterocycles. The van der Waals surface area contributed by atoms with E-state index in [1.807, 2.05) is 0 Å². The third kappa shape index (κ3) is 3.71. The molecule has 15 heavy (non-hydrogen) atoms. The van der Waals surface area contributed by atoms with Gasteiger partial charge in [-0.05, 0) is 19.4 Å². The molecule has 0 aromatic carbocycles. The molecule has 90 valence electrons. The largest absolute Gasteiger partial charge is 0.330 e. The van der Waals surface area contributed by atoms with Crippen molar-refractivity contribution < 1.29 is 16.8 Å². The molecule has 0 radical (unpaired) electrons. The van der Waals surface area contributed by atoms with E-state index in [1.165, 1.54) is 0 Å². The summed E-state index contributed by atoms with van der Waals surface area (Å²) in [4.78, 5) is 0. The van der Waals surface area contributed by atoms with Crippen LogP contribution in [-0.4, -0.2) is 46.7 Å². The van der Waals surface area contributed by atoms with Crippen LogP contribution in [0, 0.1) is 0 Å². The Hall–Kier alpha value is -0.180. The molecular formula is C7H16N2O4S2. The van der Waals surface area contributed by atoms with E-state index < -0.39 is 25.1 Å². The molecule has 0 amide bonds. The van der Waals surface area contributed by atoms with Crippen molar-refractivity contribution in [2.75, 3.05) is 24.6 Å². The Morgan fingerprint density at radius 2 is 2.07 bits per heavy atom. The second-order valence-corrected chi connectivity index (χ2v) is 7.88. The van der Waals surface area contributed by atoms with Crippen molar-refractivity contribution in [1.82, 2.24) is 4.72 Å². The van der Waals surface area contributed by atoms with Gasteiger partial charge in [-0.15, -0.1) is 0 Å². The standard InChI is InChI=1S/C7H16N2O4S2/c8-3-1-4-9-15(12,13)7-2-5-14(10,11)6-7/h7,9H,1-6,8H2. The van der Waals surface area contributed by atoms with Crippen molar-refractivity contribution in [3.8, 4) is 0 Å². The number of rotatable bonds is 5. The second kappa shape index (κ2) is 4.77. The number of hydrogen-bond donors (Lipinski definition) is 2. The first-order valence-corrected chi connectivity index (χ1v) is 8.13. The van der Waals surface area contributed by atoms with Crippen LogP contribution in [0.2, 0.25) is 0 Å². The first kappa shape index (κ1) is 12.9. The molecule has 8 heteroatoms. The van der Waals surface area contributed by atoms with Gasteiger partial charge in [0.2, 0.25) is 10.0 Å². The van der Waals surface area contributed by atoms with Crippen LogP contribution in [0.1, 0.15) is 12.8 Å².